The fraction of sp³-hybridized carbons (Fsp3) is 0.200. The van der Waals surface area contributed by atoms with Crippen molar-refractivity contribution < 1.29 is 28.2 Å². The van der Waals surface area contributed by atoms with Gasteiger partial charge in [-0.25, -0.2) is 9.18 Å². The second-order valence-corrected chi connectivity index (χ2v) is 7.77. The molecule has 0 bridgehead atoms. The van der Waals surface area contributed by atoms with Crippen LogP contribution in [0.1, 0.15) is 22.2 Å². The van der Waals surface area contributed by atoms with E-state index in [1.807, 2.05) is 0 Å². The highest BCUT2D eigenvalue weighted by atomic mass is 35.5. The Kier molecular flexibility index (Phi) is 5.29. The normalized spacial score (nSPS) is 13.3. The van der Waals surface area contributed by atoms with Crippen LogP contribution >= 0.6 is 22.9 Å². The maximum atomic E-state index is 13.4. The average molecular weight is 436 g/mol. The van der Waals surface area contributed by atoms with Crippen LogP contribution in [0.4, 0.5) is 4.39 Å². The van der Waals surface area contributed by atoms with E-state index in [0.717, 1.165) is 16.9 Å². The summed E-state index contributed by atoms with van der Waals surface area (Å²) in [7, 11) is 0. The van der Waals surface area contributed by atoms with E-state index >= 15 is 0 Å². The number of thiophene rings is 1. The largest absolute Gasteiger partial charge is 0.454 e. The molecule has 1 aliphatic heterocycles. The second kappa shape index (κ2) is 7.88. The lowest BCUT2D eigenvalue weighted by molar-refractivity contribution is -0.129. The van der Waals surface area contributed by atoms with E-state index in [4.69, 9.17) is 25.8 Å². The highest BCUT2D eigenvalue weighted by molar-refractivity contribution is 7.21. The Hall–Kier alpha value is -2.84. The van der Waals surface area contributed by atoms with Gasteiger partial charge in [-0.05, 0) is 42.8 Å². The summed E-state index contributed by atoms with van der Waals surface area (Å²) in [4.78, 5) is 24.9. The van der Waals surface area contributed by atoms with Crippen molar-refractivity contribution in [2.24, 2.45) is 0 Å². The first kappa shape index (κ1) is 19.5. The molecule has 2 aromatic carbocycles. The monoisotopic (exact) mass is 435 g/mol. The average Bonchev–Trinajstić information content (AvgIpc) is 3.29. The van der Waals surface area contributed by atoms with Crippen LogP contribution in [0, 0.1) is 5.82 Å². The number of amides is 1. The lowest BCUT2D eigenvalue weighted by Gasteiger charge is -2.13. The predicted octanol–water partition coefficient (Wildman–Crippen LogP) is 4.28. The van der Waals surface area contributed by atoms with Gasteiger partial charge in [-0.1, -0.05) is 17.7 Å². The summed E-state index contributed by atoms with van der Waals surface area (Å²) in [6.45, 7) is 1.87. The third-order valence-electron chi connectivity index (χ3n) is 4.33. The number of benzene rings is 2. The SMILES string of the molecule is CC(OC(=O)c1sc2cc(F)ccc2c1Cl)C(=O)NCc1ccc2c(c1)OCO2. The minimum absolute atomic E-state index is 0.127. The van der Waals surface area contributed by atoms with Crippen LogP contribution in [0.25, 0.3) is 10.1 Å². The van der Waals surface area contributed by atoms with Gasteiger partial charge in [-0.2, -0.15) is 0 Å². The van der Waals surface area contributed by atoms with Gasteiger partial charge in [-0.3, -0.25) is 4.79 Å². The molecule has 0 aliphatic carbocycles. The van der Waals surface area contributed by atoms with Gasteiger partial charge in [0.15, 0.2) is 17.6 Å². The number of carbonyl (C=O) groups is 2. The number of carbonyl (C=O) groups excluding carboxylic acids is 2. The van der Waals surface area contributed by atoms with Gasteiger partial charge in [0.2, 0.25) is 6.79 Å². The van der Waals surface area contributed by atoms with Crippen molar-refractivity contribution in [1.29, 1.82) is 0 Å². The molecule has 0 spiro atoms. The number of hydrogen-bond acceptors (Lipinski definition) is 6. The van der Waals surface area contributed by atoms with Crippen LogP contribution in [0.15, 0.2) is 36.4 Å². The Bertz CT molecular complexity index is 1120. The van der Waals surface area contributed by atoms with Crippen LogP contribution in [0.3, 0.4) is 0 Å². The van der Waals surface area contributed by atoms with Gasteiger partial charge in [0.1, 0.15) is 10.7 Å². The third kappa shape index (κ3) is 3.99. The molecule has 9 heteroatoms. The molecule has 4 rings (SSSR count). The highest BCUT2D eigenvalue weighted by Crippen LogP contribution is 2.36. The van der Waals surface area contributed by atoms with E-state index < -0.39 is 23.8 Å². The first-order valence-corrected chi connectivity index (χ1v) is 9.86. The number of esters is 1. The Morgan fingerprint density at radius 1 is 1.24 bits per heavy atom. The van der Waals surface area contributed by atoms with Crippen molar-refractivity contribution in [2.75, 3.05) is 6.79 Å². The molecule has 150 valence electrons. The zero-order chi connectivity index (χ0) is 20.5. The molecule has 1 N–H and O–H groups in total. The Labute approximate surface area is 174 Å². The maximum Gasteiger partial charge on any atom is 0.350 e. The molecule has 0 saturated heterocycles. The highest BCUT2D eigenvalue weighted by Gasteiger charge is 2.24. The lowest BCUT2D eigenvalue weighted by atomic mass is 10.2. The molecule has 1 amide bonds. The second-order valence-electron chi connectivity index (χ2n) is 6.34. The van der Waals surface area contributed by atoms with Gasteiger partial charge in [0.05, 0.1) is 5.02 Å². The summed E-state index contributed by atoms with van der Waals surface area (Å²) in [5.41, 5.74) is 0.815. The van der Waals surface area contributed by atoms with Crippen LogP contribution in [0.5, 0.6) is 11.5 Å². The first-order chi connectivity index (χ1) is 13.9. The molecule has 3 aromatic rings. The minimum atomic E-state index is -1.03. The van der Waals surface area contributed by atoms with E-state index in [1.165, 1.54) is 25.1 Å². The molecule has 1 aromatic heterocycles. The number of halogens is 2. The van der Waals surface area contributed by atoms with E-state index in [1.54, 1.807) is 18.2 Å². The number of nitrogens with one attached hydrogen (secondary N) is 1. The van der Waals surface area contributed by atoms with E-state index in [-0.39, 0.29) is 23.2 Å². The van der Waals surface area contributed by atoms with Gasteiger partial charge < -0.3 is 19.5 Å². The molecular weight excluding hydrogens is 421 g/mol. The molecule has 0 saturated carbocycles. The van der Waals surface area contributed by atoms with Gasteiger partial charge in [0.25, 0.3) is 5.91 Å². The Balaban J connectivity index is 1.38. The summed E-state index contributed by atoms with van der Waals surface area (Å²) in [6.07, 6.45) is -1.03. The number of fused-ring (bicyclic) bond motifs is 2. The zero-order valence-corrected chi connectivity index (χ0v) is 16.7. The van der Waals surface area contributed by atoms with Crippen LogP contribution in [0.2, 0.25) is 5.02 Å². The number of rotatable bonds is 5. The van der Waals surface area contributed by atoms with Gasteiger partial charge >= 0.3 is 5.97 Å². The summed E-state index contributed by atoms with van der Waals surface area (Å²) < 4.78 is 29.7. The van der Waals surface area contributed by atoms with Crippen molar-refractivity contribution >= 4 is 44.9 Å². The molecular formula is C20H15ClFNO5S. The topological polar surface area (TPSA) is 73.9 Å². The number of ether oxygens (including phenoxy) is 3. The summed E-state index contributed by atoms with van der Waals surface area (Å²) in [5, 5.41) is 3.45. The Morgan fingerprint density at radius 2 is 2.03 bits per heavy atom. The molecule has 2 heterocycles. The smallest absolute Gasteiger partial charge is 0.350 e. The number of hydrogen-bond donors (Lipinski definition) is 1. The van der Waals surface area contributed by atoms with Crippen LogP contribution in [-0.4, -0.2) is 24.8 Å². The first-order valence-electron chi connectivity index (χ1n) is 8.67. The molecule has 6 nitrogen and oxygen atoms in total. The molecule has 1 atom stereocenters. The van der Waals surface area contributed by atoms with Gasteiger partial charge in [-0.15, -0.1) is 11.3 Å². The van der Waals surface area contributed by atoms with Crippen molar-refractivity contribution in [1.82, 2.24) is 5.32 Å². The predicted molar refractivity (Wildman–Crippen MR) is 106 cm³/mol. The van der Waals surface area contributed by atoms with Gasteiger partial charge in [0, 0.05) is 16.6 Å². The Morgan fingerprint density at radius 3 is 2.86 bits per heavy atom. The van der Waals surface area contributed by atoms with Crippen molar-refractivity contribution in [3.8, 4) is 11.5 Å². The summed E-state index contributed by atoms with van der Waals surface area (Å²) in [5.74, 6) is -0.345. The molecule has 0 radical (unpaired) electrons. The van der Waals surface area contributed by atoms with Crippen molar-refractivity contribution in [3.63, 3.8) is 0 Å². The zero-order valence-electron chi connectivity index (χ0n) is 15.2. The minimum Gasteiger partial charge on any atom is -0.454 e. The standard InChI is InChI=1S/C20H15ClFNO5S/c1-10(19(24)23-8-11-2-5-14-15(6-11)27-9-26-14)28-20(25)18-17(21)13-4-3-12(22)7-16(13)29-18/h2-7,10H,8-9H2,1H3,(H,23,24). The lowest BCUT2D eigenvalue weighted by Crippen LogP contribution is -2.35. The van der Waals surface area contributed by atoms with Crippen LogP contribution in [-0.2, 0) is 16.1 Å². The molecule has 1 unspecified atom stereocenters. The quantitative estimate of drug-likeness (QED) is 0.605. The third-order valence-corrected chi connectivity index (χ3v) is 5.97. The maximum absolute atomic E-state index is 13.4. The summed E-state index contributed by atoms with van der Waals surface area (Å²) >= 11 is 7.24. The van der Waals surface area contributed by atoms with E-state index in [2.05, 4.69) is 5.32 Å². The molecule has 29 heavy (non-hydrogen) atoms. The van der Waals surface area contributed by atoms with Crippen molar-refractivity contribution in [3.05, 3.63) is 57.7 Å². The van der Waals surface area contributed by atoms with Crippen molar-refractivity contribution in [2.45, 2.75) is 19.6 Å². The van der Waals surface area contributed by atoms with E-state index in [9.17, 15) is 14.0 Å². The fourth-order valence-electron chi connectivity index (χ4n) is 2.82. The fourth-order valence-corrected chi connectivity index (χ4v) is 4.24. The molecule has 0 fully saturated rings. The van der Waals surface area contributed by atoms with E-state index in [0.29, 0.717) is 21.6 Å². The van der Waals surface area contributed by atoms with Crippen LogP contribution < -0.4 is 14.8 Å². The summed E-state index contributed by atoms with van der Waals surface area (Å²) in [6, 6.07) is 9.41. The molecule has 1 aliphatic rings.